The smallest absolute Gasteiger partial charge is 0.193 e. The van der Waals surface area contributed by atoms with Crippen LogP contribution in [0.25, 0.3) is 0 Å². The van der Waals surface area contributed by atoms with Crippen molar-refractivity contribution < 1.29 is 9.47 Å². The molecule has 1 aliphatic heterocycles. The van der Waals surface area contributed by atoms with Crippen LogP contribution >= 0.6 is 0 Å². The van der Waals surface area contributed by atoms with Gasteiger partial charge < -0.3 is 20.5 Å². The fourth-order valence-electron chi connectivity index (χ4n) is 1.66. The molecular formula is C13H19N3O2. The summed E-state index contributed by atoms with van der Waals surface area (Å²) in [6.07, 6.45) is 0. The van der Waals surface area contributed by atoms with Crippen molar-refractivity contribution in [3.8, 4) is 11.5 Å². The Morgan fingerprint density at radius 2 is 1.89 bits per heavy atom. The molecular weight excluding hydrogens is 230 g/mol. The SMILES string of the molecule is CC(C)(C)N=C(N)Nc1ccc2c(c1)OCCO2. The molecule has 2 rings (SSSR count). The highest BCUT2D eigenvalue weighted by Gasteiger charge is 2.12. The zero-order valence-corrected chi connectivity index (χ0v) is 11.0. The van der Waals surface area contributed by atoms with Gasteiger partial charge in [0.15, 0.2) is 17.5 Å². The molecule has 0 spiro atoms. The normalized spacial score (nSPS) is 15.4. The van der Waals surface area contributed by atoms with E-state index < -0.39 is 0 Å². The number of hydrogen-bond donors (Lipinski definition) is 2. The van der Waals surface area contributed by atoms with Gasteiger partial charge in [-0.05, 0) is 32.9 Å². The highest BCUT2D eigenvalue weighted by molar-refractivity contribution is 5.92. The van der Waals surface area contributed by atoms with Crippen LogP contribution in [0.3, 0.4) is 0 Å². The standard InChI is InChI=1S/C13H19N3O2/c1-13(2,3)16-12(14)15-9-4-5-10-11(8-9)18-7-6-17-10/h4-5,8H,6-7H2,1-3H3,(H3,14,15,16). The van der Waals surface area contributed by atoms with E-state index in [0.29, 0.717) is 19.2 Å². The number of benzene rings is 1. The third-order valence-corrected chi connectivity index (χ3v) is 2.27. The molecule has 18 heavy (non-hydrogen) atoms. The van der Waals surface area contributed by atoms with E-state index in [4.69, 9.17) is 15.2 Å². The second-order valence-corrected chi connectivity index (χ2v) is 5.15. The van der Waals surface area contributed by atoms with E-state index in [1.807, 2.05) is 39.0 Å². The van der Waals surface area contributed by atoms with Crippen LogP contribution in [-0.4, -0.2) is 24.7 Å². The van der Waals surface area contributed by atoms with Gasteiger partial charge in [-0.3, -0.25) is 0 Å². The van der Waals surface area contributed by atoms with E-state index in [0.717, 1.165) is 17.2 Å². The van der Waals surface area contributed by atoms with Crippen molar-refractivity contribution in [1.29, 1.82) is 0 Å². The van der Waals surface area contributed by atoms with E-state index in [-0.39, 0.29) is 5.54 Å². The summed E-state index contributed by atoms with van der Waals surface area (Å²) in [5.74, 6) is 1.88. The van der Waals surface area contributed by atoms with Crippen molar-refractivity contribution in [2.24, 2.45) is 10.7 Å². The van der Waals surface area contributed by atoms with Gasteiger partial charge in [0.25, 0.3) is 0 Å². The number of nitrogens with two attached hydrogens (primary N) is 1. The minimum atomic E-state index is -0.203. The quantitative estimate of drug-likeness (QED) is 0.590. The maximum atomic E-state index is 5.83. The van der Waals surface area contributed by atoms with Crippen LogP contribution in [0.4, 0.5) is 5.69 Å². The molecule has 0 aliphatic carbocycles. The fraction of sp³-hybridized carbons (Fsp3) is 0.462. The van der Waals surface area contributed by atoms with Crippen LogP contribution in [-0.2, 0) is 0 Å². The van der Waals surface area contributed by atoms with Gasteiger partial charge in [-0.2, -0.15) is 0 Å². The lowest BCUT2D eigenvalue weighted by Crippen LogP contribution is -2.27. The Kier molecular flexibility index (Phi) is 3.32. The average Bonchev–Trinajstić information content (AvgIpc) is 2.26. The van der Waals surface area contributed by atoms with Gasteiger partial charge in [0, 0.05) is 11.8 Å². The first-order valence-corrected chi connectivity index (χ1v) is 5.96. The summed E-state index contributed by atoms with van der Waals surface area (Å²) in [6.45, 7) is 7.14. The first kappa shape index (κ1) is 12.5. The molecule has 0 bridgehead atoms. The predicted molar refractivity (Wildman–Crippen MR) is 72.4 cm³/mol. The zero-order chi connectivity index (χ0) is 13.2. The van der Waals surface area contributed by atoms with Crippen LogP contribution in [0.5, 0.6) is 11.5 Å². The number of fused-ring (bicyclic) bond motifs is 1. The maximum absolute atomic E-state index is 5.83. The number of guanidine groups is 1. The molecule has 0 aromatic heterocycles. The lowest BCUT2D eigenvalue weighted by atomic mass is 10.1. The molecule has 1 heterocycles. The van der Waals surface area contributed by atoms with Crippen LogP contribution in [0.2, 0.25) is 0 Å². The van der Waals surface area contributed by atoms with Crippen molar-refractivity contribution >= 4 is 11.6 Å². The Hall–Kier alpha value is -1.91. The van der Waals surface area contributed by atoms with Gasteiger partial charge in [-0.1, -0.05) is 0 Å². The molecule has 1 aliphatic rings. The number of nitrogens with zero attached hydrogens (tertiary/aromatic N) is 1. The van der Waals surface area contributed by atoms with Gasteiger partial charge >= 0.3 is 0 Å². The van der Waals surface area contributed by atoms with E-state index in [1.54, 1.807) is 0 Å². The maximum Gasteiger partial charge on any atom is 0.193 e. The zero-order valence-electron chi connectivity index (χ0n) is 11.0. The number of hydrogen-bond acceptors (Lipinski definition) is 3. The third-order valence-electron chi connectivity index (χ3n) is 2.27. The Morgan fingerprint density at radius 1 is 1.22 bits per heavy atom. The van der Waals surface area contributed by atoms with Gasteiger partial charge in [0.05, 0.1) is 5.54 Å². The molecule has 0 atom stereocenters. The fourth-order valence-corrected chi connectivity index (χ4v) is 1.66. The predicted octanol–water partition coefficient (Wildman–Crippen LogP) is 1.98. The average molecular weight is 249 g/mol. The summed E-state index contributed by atoms with van der Waals surface area (Å²) in [7, 11) is 0. The third kappa shape index (κ3) is 3.29. The molecule has 0 radical (unpaired) electrons. The topological polar surface area (TPSA) is 68.9 Å². The summed E-state index contributed by atoms with van der Waals surface area (Å²) in [5, 5.41) is 3.04. The minimum absolute atomic E-state index is 0.203. The molecule has 3 N–H and O–H groups in total. The highest BCUT2D eigenvalue weighted by Crippen LogP contribution is 2.32. The molecule has 98 valence electrons. The van der Waals surface area contributed by atoms with Crippen LogP contribution in [0, 0.1) is 0 Å². The summed E-state index contributed by atoms with van der Waals surface area (Å²) in [5.41, 5.74) is 6.47. The summed E-state index contributed by atoms with van der Waals surface area (Å²) in [6, 6.07) is 5.61. The lowest BCUT2D eigenvalue weighted by molar-refractivity contribution is 0.171. The Morgan fingerprint density at radius 3 is 2.56 bits per heavy atom. The van der Waals surface area contributed by atoms with Gasteiger partial charge in [-0.25, -0.2) is 4.99 Å². The number of ether oxygens (including phenoxy) is 2. The Bertz CT molecular complexity index is 464. The molecule has 0 saturated carbocycles. The highest BCUT2D eigenvalue weighted by atomic mass is 16.6. The van der Waals surface area contributed by atoms with Crippen molar-refractivity contribution in [1.82, 2.24) is 0 Å². The Balaban J connectivity index is 2.13. The second kappa shape index (κ2) is 4.76. The molecule has 0 fully saturated rings. The molecule has 1 aromatic rings. The number of aliphatic imine (C=N–C) groups is 1. The van der Waals surface area contributed by atoms with E-state index in [9.17, 15) is 0 Å². The minimum Gasteiger partial charge on any atom is -0.486 e. The van der Waals surface area contributed by atoms with Gasteiger partial charge in [0.1, 0.15) is 13.2 Å². The Labute approximate surface area is 107 Å². The first-order valence-electron chi connectivity index (χ1n) is 5.96. The summed E-state index contributed by atoms with van der Waals surface area (Å²) < 4.78 is 11.0. The van der Waals surface area contributed by atoms with Crippen LogP contribution in [0.1, 0.15) is 20.8 Å². The monoisotopic (exact) mass is 249 g/mol. The van der Waals surface area contributed by atoms with Gasteiger partial charge in [-0.15, -0.1) is 0 Å². The summed E-state index contributed by atoms with van der Waals surface area (Å²) in [4.78, 5) is 4.33. The molecule has 1 aromatic carbocycles. The molecule has 0 amide bonds. The lowest BCUT2D eigenvalue weighted by Gasteiger charge is -2.19. The molecule has 5 nitrogen and oxygen atoms in total. The number of nitrogens with one attached hydrogen (secondary N) is 1. The largest absolute Gasteiger partial charge is 0.486 e. The summed E-state index contributed by atoms with van der Waals surface area (Å²) >= 11 is 0. The van der Waals surface area contributed by atoms with Crippen molar-refractivity contribution in [2.75, 3.05) is 18.5 Å². The first-order chi connectivity index (χ1) is 8.44. The van der Waals surface area contributed by atoms with Crippen molar-refractivity contribution in [3.05, 3.63) is 18.2 Å². The molecule has 5 heteroatoms. The van der Waals surface area contributed by atoms with E-state index >= 15 is 0 Å². The van der Waals surface area contributed by atoms with Crippen LogP contribution in [0.15, 0.2) is 23.2 Å². The molecule has 0 unspecified atom stereocenters. The molecule has 0 saturated heterocycles. The van der Waals surface area contributed by atoms with Gasteiger partial charge in [0.2, 0.25) is 0 Å². The van der Waals surface area contributed by atoms with E-state index in [1.165, 1.54) is 0 Å². The second-order valence-electron chi connectivity index (χ2n) is 5.15. The van der Waals surface area contributed by atoms with Crippen molar-refractivity contribution in [2.45, 2.75) is 26.3 Å². The van der Waals surface area contributed by atoms with Crippen molar-refractivity contribution in [3.63, 3.8) is 0 Å². The van der Waals surface area contributed by atoms with E-state index in [2.05, 4.69) is 10.3 Å². The number of rotatable bonds is 1. The number of anilines is 1. The van der Waals surface area contributed by atoms with Crippen LogP contribution < -0.4 is 20.5 Å².